The van der Waals surface area contributed by atoms with Gasteiger partial charge in [0.1, 0.15) is 0 Å². The van der Waals surface area contributed by atoms with Crippen molar-refractivity contribution in [2.45, 2.75) is 13.3 Å². The molecule has 3 heteroatoms. The van der Waals surface area contributed by atoms with Gasteiger partial charge in [-0.15, -0.1) is 0 Å². The Balaban J connectivity index is 2.87. The lowest BCUT2D eigenvalue weighted by atomic mass is 10.2. The van der Waals surface area contributed by atoms with Crippen molar-refractivity contribution in [1.29, 1.82) is 0 Å². The normalized spacial score (nSPS) is 22.3. The van der Waals surface area contributed by atoms with Gasteiger partial charge in [0.2, 0.25) is 0 Å². The summed E-state index contributed by atoms with van der Waals surface area (Å²) >= 11 is 0. The Hall–Kier alpha value is -1.25. The van der Waals surface area contributed by atoms with Gasteiger partial charge in [0.25, 0.3) is 5.91 Å². The summed E-state index contributed by atoms with van der Waals surface area (Å²) in [4.78, 5) is 12.7. The first-order chi connectivity index (χ1) is 5.16. The maximum Gasteiger partial charge on any atom is 0.257 e. The third-order valence-corrected chi connectivity index (χ3v) is 1.78. The van der Waals surface area contributed by atoms with E-state index in [1.165, 1.54) is 18.0 Å². The lowest BCUT2D eigenvalue weighted by molar-refractivity contribution is -0.122. The molecule has 0 bridgehead atoms. The minimum absolute atomic E-state index is 0.124. The SMILES string of the molecule is C=CN1CC/C(=C(/C)O)C1=O. The summed E-state index contributed by atoms with van der Waals surface area (Å²) in [6, 6.07) is 0. The van der Waals surface area contributed by atoms with Crippen LogP contribution in [0.4, 0.5) is 0 Å². The molecule has 0 atom stereocenters. The molecule has 1 amide bonds. The van der Waals surface area contributed by atoms with Crippen molar-refractivity contribution in [2.75, 3.05) is 6.54 Å². The van der Waals surface area contributed by atoms with Gasteiger partial charge in [-0.05, 0) is 19.5 Å². The molecule has 1 N–H and O–H groups in total. The molecule has 60 valence electrons. The van der Waals surface area contributed by atoms with Gasteiger partial charge >= 0.3 is 0 Å². The molecule has 3 nitrogen and oxygen atoms in total. The van der Waals surface area contributed by atoms with Crippen molar-refractivity contribution in [2.24, 2.45) is 0 Å². The molecular weight excluding hydrogens is 142 g/mol. The molecule has 1 aliphatic heterocycles. The van der Waals surface area contributed by atoms with Crippen LogP contribution < -0.4 is 0 Å². The zero-order chi connectivity index (χ0) is 8.43. The molecule has 1 heterocycles. The van der Waals surface area contributed by atoms with Crippen LogP contribution in [0, 0.1) is 0 Å². The number of hydrogen-bond acceptors (Lipinski definition) is 2. The Morgan fingerprint density at radius 3 is 2.73 bits per heavy atom. The van der Waals surface area contributed by atoms with Crippen LogP contribution in [0.1, 0.15) is 13.3 Å². The monoisotopic (exact) mass is 153 g/mol. The molecule has 0 aliphatic carbocycles. The van der Waals surface area contributed by atoms with Crippen LogP contribution in [0.15, 0.2) is 24.1 Å². The number of carbonyl (C=O) groups is 1. The molecular formula is C8H11NO2. The first kappa shape index (κ1) is 7.85. The molecule has 0 spiro atoms. The maximum absolute atomic E-state index is 11.2. The summed E-state index contributed by atoms with van der Waals surface area (Å²) in [6.45, 7) is 5.65. The lowest BCUT2D eigenvalue weighted by Crippen LogP contribution is -2.18. The summed E-state index contributed by atoms with van der Waals surface area (Å²) in [5, 5.41) is 9.03. The molecule has 0 aromatic carbocycles. The van der Waals surface area contributed by atoms with E-state index in [4.69, 9.17) is 5.11 Å². The van der Waals surface area contributed by atoms with Gasteiger partial charge in [-0.3, -0.25) is 4.79 Å². The van der Waals surface area contributed by atoms with Crippen LogP contribution in [0.3, 0.4) is 0 Å². The second kappa shape index (κ2) is 2.78. The Kier molecular flexibility index (Phi) is 1.98. The van der Waals surface area contributed by atoms with Crippen LogP contribution in [0.25, 0.3) is 0 Å². The number of carbonyl (C=O) groups excluding carboxylic acids is 1. The number of rotatable bonds is 1. The number of hydrogen-bond donors (Lipinski definition) is 1. The highest BCUT2D eigenvalue weighted by Gasteiger charge is 2.25. The van der Waals surface area contributed by atoms with E-state index in [1.807, 2.05) is 0 Å². The van der Waals surface area contributed by atoms with Crippen LogP contribution in [0.5, 0.6) is 0 Å². The van der Waals surface area contributed by atoms with Crippen LogP contribution in [-0.4, -0.2) is 22.5 Å². The van der Waals surface area contributed by atoms with Crippen molar-refractivity contribution < 1.29 is 9.90 Å². The molecule has 0 aromatic heterocycles. The number of allylic oxidation sites excluding steroid dienone is 1. The molecule has 0 unspecified atom stereocenters. The third-order valence-electron chi connectivity index (χ3n) is 1.78. The lowest BCUT2D eigenvalue weighted by Gasteiger charge is -2.06. The van der Waals surface area contributed by atoms with E-state index in [9.17, 15) is 4.79 Å². The molecule has 1 fully saturated rings. The van der Waals surface area contributed by atoms with E-state index in [2.05, 4.69) is 6.58 Å². The van der Waals surface area contributed by atoms with Crippen LogP contribution in [0.2, 0.25) is 0 Å². The van der Waals surface area contributed by atoms with Crippen LogP contribution >= 0.6 is 0 Å². The van der Waals surface area contributed by atoms with E-state index in [0.29, 0.717) is 18.5 Å². The van der Waals surface area contributed by atoms with Gasteiger partial charge in [0.05, 0.1) is 11.3 Å². The standard InChI is InChI=1S/C8H11NO2/c1-3-9-5-4-7(6(2)10)8(9)11/h3,10H,1,4-5H2,2H3/b7-6+. The number of aliphatic hydroxyl groups is 1. The maximum atomic E-state index is 11.2. The summed E-state index contributed by atoms with van der Waals surface area (Å²) < 4.78 is 0. The summed E-state index contributed by atoms with van der Waals surface area (Å²) in [6.07, 6.45) is 2.10. The van der Waals surface area contributed by atoms with Crippen molar-refractivity contribution in [3.63, 3.8) is 0 Å². The Morgan fingerprint density at radius 2 is 2.45 bits per heavy atom. The second-order valence-electron chi connectivity index (χ2n) is 2.50. The van der Waals surface area contributed by atoms with Gasteiger partial charge in [0, 0.05) is 6.54 Å². The second-order valence-corrected chi connectivity index (χ2v) is 2.50. The number of likely N-dealkylation sites (tertiary alicyclic amines) is 1. The van der Waals surface area contributed by atoms with Gasteiger partial charge in [-0.25, -0.2) is 0 Å². The number of aliphatic hydroxyl groups excluding tert-OH is 1. The van der Waals surface area contributed by atoms with Crippen molar-refractivity contribution in [3.05, 3.63) is 24.1 Å². The smallest absolute Gasteiger partial charge is 0.257 e. The minimum Gasteiger partial charge on any atom is -0.512 e. The third kappa shape index (κ3) is 1.27. The number of nitrogens with zero attached hydrogens (tertiary/aromatic N) is 1. The Morgan fingerprint density at radius 1 is 1.82 bits per heavy atom. The predicted molar refractivity (Wildman–Crippen MR) is 41.9 cm³/mol. The minimum atomic E-state index is -0.125. The quantitative estimate of drug-likeness (QED) is 0.454. The van der Waals surface area contributed by atoms with Gasteiger partial charge < -0.3 is 10.0 Å². The van der Waals surface area contributed by atoms with Gasteiger partial charge in [0.15, 0.2) is 0 Å². The van der Waals surface area contributed by atoms with E-state index in [1.54, 1.807) is 0 Å². The molecule has 0 radical (unpaired) electrons. The highest BCUT2D eigenvalue weighted by atomic mass is 16.3. The fourth-order valence-electron chi connectivity index (χ4n) is 1.12. The van der Waals surface area contributed by atoms with E-state index in [0.717, 1.165) is 0 Å². The number of amides is 1. The largest absolute Gasteiger partial charge is 0.512 e. The average molecular weight is 153 g/mol. The predicted octanol–water partition coefficient (Wildman–Crippen LogP) is 1.19. The van der Waals surface area contributed by atoms with Crippen molar-refractivity contribution in [3.8, 4) is 0 Å². The van der Waals surface area contributed by atoms with E-state index >= 15 is 0 Å². The van der Waals surface area contributed by atoms with Gasteiger partial charge in [-0.1, -0.05) is 6.58 Å². The topological polar surface area (TPSA) is 40.5 Å². The zero-order valence-corrected chi connectivity index (χ0v) is 6.50. The Bertz CT molecular complexity index is 226. The Labute approximate surface area is 65.6 Å². The zero-order valence-electron chi connectivity index (χ0n) is 6.50. The molecule has 1 rings (SSSR count). The van der Waals surface area contributed by atoms with Crippen molar-refractivity contribution >= 4 is 5.91 Å². The van der Waals surface area contributed by atoms with E-state index in [-0.39, 0.29) is 11.7 Å². The first-order valence-electron chi connectivity index (χ1n) is 3.49. The van der Waals surface area contributed by atoms with Gasteiger partial charge in [-0.2, -0.15) is 0 Å². The molecule has 1 saturated heterocycles. The first-order valence-corrected chi connectivity index (χ1v) is 3.49. The molecule has 1 aliphatic rings. The summed E-state index contributed by atoms with van der Waals surface area (Å²) in [5.74, 6) is -0.000602. The fraction of sp³-hybridized carbons (Fsp3) is 0.375. The molecule has 0 aromatic rings. The average Bonchev–Trinajstić information content (AvgIpc) is 2.30. The fourth-order valence-corrected chi connectivity index (χ4v) is 1.12. The highest BCUT2D eigenvalue weighted by molar-refractivity contribution is 5.96. The van der Waals surface area contributed by atoms with Crippen LogP contribution in [-0.2, 0) is 4.79 Å². The van der Waals surface area contributed by atoms with E-state index < -0.39 is 0 Å². The summed E-state index contributed by atoms with van der Waals surface area (Å²) in [7, 11) is 0. The molecule has 0 saturated carbocycles. The van der Waals surface area contributed by atoms with Crippen molar-refractivity contribution in [1.82, 2.24) is 4.90 Å². The summed E-state index contributed by atoms with van der Waals surface area (Å²) in [5.41, 5.74) is 0.505. The molecule has 11 heavy (non-hydrogen) atoms. The highest BCUT2D eigenvalue weighted by Crippen LogP contribution is 2.19.